The third kappa shape index (κ3) is 3.35. The van der Waals surface area contributed by atoms with Crippen LogP contribution in [0.15, 0.2) is 24.8 Å². The van der Waals surface area contributed by atoms with Crippen LogP contribution in [0.5, 0.6) is 0 Å². The van der Waals surface area contributed by atoms with Crippen LogP contribution in [0.25, 0.3) is 11.4 Å². The first kappa shape index (κ1) is 17.1. The van der Waals surface area contributed by atoms with Gasteiger partial charge in [0.25, 0.3) is 0 Å². The molecule has 1 saturated carbocycles. The van der Waals surface area contributed by atoms with Crippen molar-refractivity contribution < 1.29 is 9.53 Å². The van der Waals surface area contributed by atoms with E-state index in [0.717, 1.165) is 31.4 Å². The summed E-state index contributed by atoms with van der Waals surface area (Å²) in [5.74, 6) is 0.0353. The first-order valence-corrected chi connectivity index (χ1v) is 9.40. The summed E-state index contributed by atoms with van der Waals surface area (Å²) in [6.07, 6.45) is 14.1. The Hall–Kier alpha value is -2.28. The molecule has 7 nitrogen and oxygen atoms in total. The van der Waals surface area contributed by atoms with Gasteiger partial charge >= 0.3 is 0 Å². The van der Waals surface area contributed by atoms with Crippen LogP contribution in [0.4, 0.5) is 5.69 Å². The van der Waals surface area contributed by atoms with Gasteiger partial charge in [0.15, 0.2) is 0 Å². The molecule has 1 aliphatic heterocycles. The van der Waals surface area contributed by atoms with Gasteiger partial charge in [-0.05, 0) is 25.7 Å². The Kier molecular flexibility index (Phi) is 4.72. The van der Waals surface area contributed by atoms with Gasteiger partial charge in [-0.15, -0.1) is 0 Å². The minimum Gasteiger partial charge on any atom is -0.375 e. The molecule has 0 aromatic carbocycles. The summed E-state index contributed by atoms with van der Waals surface area (Å²) in [7, 11) is 1.84. The van der Waals surface area contributed by atoms with Crippen molar-refractivity contribution in [1.29, 1.82) is 0 Å². The maximum absolute atomic E-state index is 12.9. The van der Waals surface area contributed by atoms with E-state index in [9.17, 15) is 4.79 Å². The van der Waals surface area contributed by atoms with E-state index in [1.54, 1.807) is 29.5 Å². The van der Waals surface area contributed by atoms with Crippen molar-refractivity contribution in [3.05, 3.63) is 24.8 Å². The number of carbonyl (C=O) groups excluding carboxylic acids is 1. The Labute approximate surface area is 153 Å². The summed E-state index contributed by atoms with van der Waals surface area (Å²) >= 11 is 0. The van der Waals surface area contributed by atoms with Crippen molar-refractivity contribution in [3.63, 3.8) is 0 Å². The summed E-state index contributed by atoms with van der Waals surface area (Å²) in [4.78, 5) is 21.4. The van der Waals surface area contributed by atoms with Crippen LogP contribution in [-0.2, 0) is 16.6 Å². The molecule has 2 fully saturated rings. The molecule has 1 N–H and O–H groups in total. The Morgan fingerprint density at radius 2 is 2.12 bits per heavy atom. The Balaban J connectivity index is 1.50. The van der Waals surface area contributed by atoms with Crippen LogP contribution in [0.3, 0.4) is 0 Å². The molecule has 1 aliphatic carbocycles. The predicted octanol–water partition coefficient (Wildman–Crippen LogP) is 2.95. The van der Waals surface area contributed by atoms with Crippen LogP contribution in [-0.4, -0.2) is 37.9 Å². The minimum atomic E-state index is -0.0822. The number of hydrogen-bond donors (Lipinski definition) is 1. The van der Waals surface area contributed by atoms with Crippen molar-refractivity contribution in [2.24, 2.45) is 13.0 Å². The second-order valence-electron chi connectivity index (χ2n) is 7.39. The molecular weight excluding hydrogens is 330 g/mol. The van der Waals surface area contributed by atoms with E-state index < -0.39 is 0 Å². The van der Waals surface area contributed by atoms with Gasteiger partial charge in [0.2, 0.25) is 5.91 Å². The zero-order valence-corrected chi connectivity index (χ0v) is 15.1. The summed E-state index contributed by atoms with van der Waals surface area (Å²) in [5.41, 5.74) is 2.06. The van der Waals surface area contributed by atoms with Gasteiger partial charge in [-0.1, -0.05) is 19.3 Å². The third-order valence-electron chi connectivity index (χ3n) is 5.63. The van der Waals surface area contributed by atoms with Crippen molar-refractivity contribution in [1.82, 2.24) is 19.7 Å². The predicted molar refractivity (Wildman–Crippen MR) is 97.4 cm³/mol. The number of aromatic nitrogens is 4. The maximum atomic E-state index is 12.9. The average Bonchev–Trinajstić information content (AvgIpc) is 3.03. The summed E-state index contributed by atoms with van der Waals surface area (Å²) in [5, 5.41) is 7.36. The lowest BCUT2D eigenvalue weighted by Crippen LogP contribution is -2.44. The largest absolute Gasteiger partial charge is 0.375 e. The molecule has 0 radical (unpaired) electrons. The van der Waals surface area contributed by atoms with E-state index in [2.05, 4.69) is 20.4 Å². The summed E-state index contributed by atoms with van der Waals surface area (Å²) in [6.45, 7) is 0.669. The van der Waals surface area contributed by atoms with Gasteiger partial charge in [0, 0.05) is 32.0 Å². The van der Waals surface area contributed by atoms with Crippen LogP contribution >= 0.6 is 0 Å². The summed E-state index contributed by atoms with van der Waals surface area (Å²) < 4.78 is 7.83. The highest BCUT2D eigenvalue weighted by atomic mass is 16.5. The van der Waals surface area contributed by atoms with E-state index in [0.29, 0.717) is 18.0 Å². The number of hydrogen-bond acceptors (Lipinski definition) is 5. The number of carbonyl (C=O) groups is 1. The van der Waals surface area contributed by atoms with Gasteiger partial charge in [-0.25, -0.2) is 0 Å². The SMILES string of the molecule is Cn1ncc(NC(=O)C2CCOC3(CCCCC3)C2)c1-c1cnccn1. The minimum absolute atomic E-state index is 0.0169. The fourth-order valence-corrected chi connectivity index (χ4v) is 4.29. The molecule has 1 atom stereocenters. The second kappa shape index (κ2) is 7.15. The van der Waals surface area contributed by atoms with E-state index in [4.69, 9.17) is 4.74 Å². The van der Waals surface area contributed by atoms with Gasteiger partial charge in [-0.2, -0.15) is 5.10 Å². The highest BCUT2D eigenvalue weighted by Crippen LogP contribution is 2.41. The molecule has 2 aliphatic rings. The first-order valence-electron chi connectivity index (χ1n) is 9.40. The molecule has 2 aromatic rings. The van der Waals surface area contributed by atoms with E-state index in [-0.39, 0.29) is 17.4 Å². The maximum Gasteiger partial charge on any atom is 0.227 e. The molecule has 1 amide bonds. The van der Waals surface area contributed by atoms with Gasteiger partial charge in [0.05, 0.1) is 23.7 Å². The fraction of sp³-hybridized carbons (Fsp3) is 0.579. The topological polar surface area (TPSA) is 81.9 Å². The van der Waals surface area contributed by atoms with Crippen LogP contribution in [0.2, 0.25) is 0 Å². The number of aryl methyl sites for hydroxylation is 1. The molecule has 1 unspecified atom stereocenters. The molecule has 1 spiro atoms. The monoisotopic (exact) mass is 355 g/mol. The fourth-order valence-electron chi connectivity index (χ4n) is 4.29. The molecule has 1 saturated heterocycles. The molecule has 4 rings (SSSR count). The van der Waals surface area contributed by atoms with Crippen molar-refractivity contribution in [2.45, 2.75) is 50.5 Å². The quantitative estimate of drug-likeness (QED) is 0.915. The Morgan fingerprint density at radius 3 is 2.88 bits per heavy atom. The number of anilines is 1. The molecule has 3 heterocycles. The molecule has 0 bridgehead atoms. The highest BCUT2D eigenvalue weighted by molar-refractivity contribution is 5.95. The van der Waals surface area contributed by atoms with Gasteiger partial charge < -0.3 is 10.1 Å². The number of amides is 1. The van der Waals surface area contributed by atoms with Crippen molar-refractivity contribution in [2.75, 3.05) is 11.9 Å². The summed E-state index contributed by atoms with van der Waals surface area (Å²) in [6, 6.07) is 0. The Bertz CT molecular complexity index is 762. The number of nitrogens with one attached hydrogen (secondary N) is 1. The number of nitrogens with zero attached hydrogens (tertiary/aromatic N) is 4. The first-order chi connectivity index (χ1) is 12.7. The molecule has 26 heavy (non-hydrogen) atoms. The zero-order valence-electron chi connectivity index (χ0n) is 15.1. The molecular formula is C19H25N5O2. The van der Waals surface area contributed by atoms with Crippen LogP contribution in [0.1, 0.15) is 44.9 Å². The highest BCUT2D eigenvalue weighted by Gasteiger charge is 2.40. The number of rotatable bonds is 3. The lowest BCUT2D eigenvalue weighted by molar-refractivity contribution is -0.140. The van der Waals surface area contributed by atoms with E-state index >= 15 is 0 Å². The van der Waals surface area contributed by atoms with E-state index in [1.807, 2.05) is 7.05 Å². The van der Waals surface area contributed by atoms with Gasteiger partial charge in [0.1, 0.15) is 11.4 Å². The normalized spacial score (nSPS) is 22.3. The Morgan fingerprint density at radius 1 is 1.27 bits per heavy atom. The standard InChI is InChI=1S/C19H25N5O2/c1-24-17(15-12-20-8-9-21-15)16(13-22-24)23-18(25)14-5-10-26-19(11-14)6-3-2-4-7-19/h8-9,12-14H,2-7,10-11H2,1H3,(H,23,25). The van der Waals surface area contributed by atoms with Crippen LogP contribution < -0.4 is 5.32 Å². The van der Waals surface area contributed by atoms with Gasteiger partial charge in [-0.3, -0.25) is 19.4 Å². The zero-order chi connectivity index (χ0) is 18.0. The smallest absolute Gasteiger partial charge is 0.227 e. The van der Waals surface area contributed by atoms with Crippen molar-refractivity contribution in [3.8, 4) is 11.4 Å². The lowest BCUT2D eigenvalue weighted by atomic mass is 9.76. The molecule has 138 valence electrons. The third-order valence-corrected chi connectivity index (χ3v) is 5.63. The molecule has 2 aromatic heterocycles. The second-order valence-corrected chi connectivity index (χ2v) is 7.39. The number of ether oxygens (including phenoxy) is 1. The molecule has 7 heteroatoms. The van der Waals surface area contributed by atoms with Crippen molar-refractivity contribution >= 4 is 11.6 Å². The average molecular weight is 355 g/mol. The lowest BCUT2D eigenvalue weighted by Gasteiger charge is -2.43. The van der Waals surface area contributed by atoms with E-state index in [1.165, 1.54) is 19.3 Å². The van der Waals surface area contributed by atoms with Crippen LogP contribution in [0, 0.1) is 5.92 Å².